The molecule has 0 spiro atoms. The van der Waals surface area contributed by atoms with Crippen LogP contribution in [0.25, 0.3) is 0 Å². The van der Waals surface area contributed by atoms with Crippen LogP contribution in [0.4, 0.5) is 8.78 Å². The van der Waals surface area contributed by atoms with Gasteiger partial charge in [-0.25, -0.2) is 8.78 Å². The molecular formula is C16H22F2. The first-order chi connectivity index (χ1) is 8.65. The van der Waals surface area contributed by atoms with Crippen molar-refractivity contribution in [3.63, 3.8) is 0 Å². The first kappa shape index (κ1) is 13.5. The molecule has 0 bridgehead atoms. The quantitative estimate of drug-likeness (QED) is 0.698. The van der Waals surface area contributed by atoms with E-state index >= 15 is 0 Å². The van der Waals surface area contributed by atoms with Crippen molar-refractivity contribution in [1.82, 2.24) is 0 Å². The fourth-order valence-corrected chi connectivity index (χ4v) is 2.91. The zero-order chi connectivity index (χ0) is 13.0. The summed E-state index contributed by atoms with van der Waals surface area (Å²) in [5, 5.41) is 0. The SMILES string of the molecule is CC1CCC(CCCc2ccc(F)c(F)c2)CC1. The number of rotatable bonds is 4. The Hall–Kier alpha value is -0.920. The Labute approximate surface area is 108 Å². The van der Waals surface area contributed by atoms with Crippen molar-refractivity contribution in [1.29, 1.82) is 0 Å². The van der Waals surface area contributed by atoms with Gasteiger partial charge in [-0.1, -0.05) is 45.1 Å². The van der Waals surface area contributed by atoms with Crippen LogP contribution in [0.15, 0.2) is 18.2 Å². The molecule has 1 aromatic carbocycles. The summed E-state index contributed by atoms with van der Waals surface area (Å²) < 4.78 is 25.8. The molecule has 0 N–H and O–H groups in total. The number of aryl methyl sites for hydroxylation is 1. The van der Waals surface area contributed by atoms with Crippen LogP contribution in [-0.2, 0) is 6.42 Å². The summed E-state index contributed by atoms with van der Waals surface area (Å²) in [4.78, 5) is 0. The molecule has 2 heteroatoms. The molecule has 0 amide bonds. The molecule has 0 nitrogen and oxygen atoms in total. The molecule has 1 aliphatic carbocycles. The van der Waals surface area contributed by atoms with Gasteiger partial charge in [-0.2, -0.15) is 0 Å². The van der Waals surface area contributed by atoms with Crippen LogP contribution in [0.2, 0.25) is 0 Å². The van der Waals surface area contributed by atoms with Crippen LogP contribution in [-0.4, -0.2) is 0 Å². The summed E-state index contributed by atoms with van der Waals surface area (Å²) in [5.41, 5.74) is 0.915. The highest BCUT2D eigenvalue weighted by Gasteiger charge is 2.17. The van der Waals surface area contributed by atoms with Gasteiger partial charge in [-0.05, 0) is 42.4 Å². The van der Waals surface area contributed by atoms with Crippen molar-refractivity contribution in [3.8, 4) is 0 Å². The van der Waals surface area contributed by atoms with E-state index in [1.54, 1.807) is 6.07 Å². The Morgan fingerprint density at radius 3 is 2.44 bits per heavy atom. The van der Waals surface area contributed by atoms with Gasteiger partial charge in [-0.15, -0.1) is 0 Å². The lowest BCUT2D eigenvalue weighted by molar-refractivity contribution is 0.273. The number of hydrogen-bond donors (Lipinski definition) is 0. The third-order valence-corrected chi connectivity index (χ3v) is 4.20. The molecule has 1 aromatic rings. The minimum atomic E-state index is -0.750. The van der Waals surface area contributed by atoms with Gasteiger partial charge in [0.25, 0.3) is 0 Å². The van der Waals surface area contributed by atoms with Crippen molar-refractivity contribution in [2.45, 2.75) is 51.9 Å². The zero-order valence-electron chi connectivity index (χ0n) is 11.1. The highest BCUT2D eigenvalue weighted by molar-refractivity contribution is 5.17. The van der Waals surface area contributed by atoms with Crippen LogP contribution < -0.4 is 0 Å². The normalized spacial score (nSPS) is 24.2. The third-order valence-electron chi connectivity index (χ3n) is 4.20. The molecule has 0 aromatic heterocycles. The van der Waals surface area contributed by atoms with E-state index in [1.807, 2.05) is 0 Å². The second-order valence-corrected chi connectivity index (χ2v) is 5.77. The van der Waals surface area contributed by atoms with Crippen molar-refractivity contribution in [3.05, 3.63) is 35.4 Å². The number of halogens is 2. The molecule has 0 aliphatic heterocycles. The molecule has 0 heterocycles. The molecule has 1 aliphatic rings. The lowest BCUT2D eigenvalue weighted by Gasteiger charge is -2.26. The molecule has 1 fully saturated rings. The van der Waals surface area contributed by atoms with Gasteiger partial charge in [0, 0.05) is 0 Å². The zero-order valence-corrected chi connectivity index (χ0v) is 11.1. The van der Waals surface area contributed by atoms with Gasteiger partial charge in [-0.3, -0.25) is 0 Å². The van der Waals surface area contributed by atoms with Crippen LogP contribution in [0.5, 0.6) is 0 Å². The van der Waals surface area contributed by atoms with Crippen molar-refractivity contribution >= 4 is 0 Å². The summed E-state index contributed by atoms with van der Waals surface area (Å²) in [5.74, 6) is 0.276. The summed E-state index contributed by atoms with van der Waals surface area (Å²) >= 11 is 0. The average Bonchev–Trinajstić information content (AvgIpc) is 2.36. The highest BCUT2D eigenvalue weighted by Crippen LogP contribution is 2.31. The first-order valence-corrected chi connectivity index (χ1v) is 7.09. The third kappa shape index (κ3) is 3.79. The van der Waals surface area contributed by atoms with E-state index < -0.39 is 11.6 Å². The minimum Gasteiger partial charge on any atom is -0.204 e. The van der Waals surface area contributed by atoms with E-state index in [4.69, 9.17) is 0 Å². The molecule has 0 saturated heterocycles. The Morgan fingerprint density at radius 1 is 1.06 bits per heavy atom. The predicted octanol–water partition coefficient (Wildman–Crippen LogP) is 5.11. The maximum Gasteiger partial charge on any atom is 0.159 e. The van der Waals surface area contributed by atoms with Crippen molar-refractivity contribution < 1.29 is 8.78 Å². The Balaban J connectivity index is 1.73. The van der Waals surface area contributed by atoms with Gasteiger partial charge in [0.1, 0.15) is 0 Å². The Bertz CT molecular complexity index is 379. The molecule has 2 rings (SSSR count). The fraction of sp³-hybridized carbons (Fsp3) is 0.625. The van der Waals surface area contributed by atoms with Crippen LogP contribution in [0, 0.1) is 23.5 Å². The molecular weight excluding hydrogens is 230 g/mol. The standard InChI is InChI=1S/C16H22F2/c1-12-5-7-13(8-6-12)3-2-4-14-9-10-15(17)16(18)11-14/h9-13H,2-8H2,1H3. The number of hydrogen-bond acceptors (Lipinski definition) is 0. The van der Waals surface area contributed by atoms with Crippen LogP contribution >= 0.6 is 0 Å². The lowest BCUT2D eigenvalue weighted by atomic mass is 9.80. The highest BCUT2D eigenvalue weighted by atomic mass is 19.2. The van der Waals surface area contributed by atoms with E-state index in [-0.39, 0.29) is 0 Å². The van der Waals surface area contributed by atoms with E-state index in [0.29, 0.717) is 0 Å². The van der Waals surface area contributed by atoms with E-state index in [9.17, 15) is 8.78 Å². The van der Waals surface area contributed by atoms with E-state index in [2.05, 4.69) is 6.92 Å². The Morgan fingerprint density at radius 2 is 1.78 bits per heavy atom. The maximum absolute atomic E-state index is 13.0. The van der Waals surface area contributed by atoms with Crippen LogP contribution in [0.1, 0.15) is 51.0 Å². The number of benzene rings is 1. The predicted molar refractivity (Wildman–Crippen MR) is 70.4 cm³/mol. The second-order valence-electron chi connectivity index (χ2n) is 5.77. The van der Waals surface area contributed by atoms with Crippen LogP contribution in [0.3, 0.4) is 0 Å². The second kappa shape index (κ2) is 6.31. The summed E-state index contributed by atoms with van der Waals surface area (Å²) in [7, 11) is 0. The van der Waals surface area contributed by atoms with Gasteiger partial charge >= 0.3 is 0 Å². The van der Waals surface area contributed by atoms with Gasteiger partial charge in [0.2, 0.25) is 0 Å². The fourth-order valence-electron chi connectivity index (χ4n) is 2.91. The van der Waals surface area contributed by atoms with Gasteiger partial charge < -0.3 is 0 Å². The molecule has 0 atom stereocenters. The molecule has 100 valence electrons. The molecule has 0 unspecified atom stereocenters. The summed E-state index contributed by atoms with van der Waals surface area (Å²) in [6, 6.07) is 4.26. The lowest BCUT2D eigenvalue weighted by Crippen LogP contribution is -2.12. The average molecular weight is 252 g/mol. The monoisotopic (exact) mass is 252 g/mol. The van der Waals surface area contributed by atoms with E-state index in [1.165, 1.54) is 44.2 Å². The first-order valence-electron chi connectivity index (χ1n) is 7.09. The van der Waals surface area contributed by atoms with Crippen molar-refractivity contribution in [2.75, 3.05) is 0 Å². The summed E-state index contributed by atoms with van der Waals surface area (Å²) in [6.45, 7) is 2.33. The van der Waals surface area contributed by atoms with E-state index in [0.717, 1.165) is 30.2 Å². The summed E-state index contributed by atoms with van der Waals surface area (Å²) in [6.07, 6.45) is 8.59. The van der Waals surface area contributed by atoms with Gasteiger partial charge in [0.15, 0.2) is 11.6 Å². The molecule has 1 saturated carbocycles. The topological polar surface area (TPSA) is 0 Å². The maximum atomic E-state index is 13.0. The smallest absolute Gasteiger partial charge is 0.159 e. The minimum absolute atomic E-state index is 0.723. The molecule has 0 radical (unpaired) electrons. The Kier molecular flexibility index (Phi) is 4.73. The largest absolute Gasteiger partial charge is 0.204 e. The molecule has 18 heavy (non-hydrogen) atoms. The van der Waals surface area contributed by atoms with Gasteiger partial charge in [0.05, 0.1) is 0 Å². The van der Waals surface area contributed by atoms with Crippen molar-refractivity contribution in [2.24, 2.45) is 11.8 Å².